The second-order valence-corrected chi connectivity index (χ2v) is 6.90. The molecule has 28 heavy (non-hydrogen) atoms. The number of nitrogens with zero attached hydrogens (tertiary/aromatic N) is 1. The first-order valence-electron chi connectivity index (χ1n) is 9.51. The van der Waals surface area contributed by atoms with Crippen LogP contribution in [0, 0.1) is 0 Å². The maximum absolute atomic E-state index is 12.0. The van der Waals surface area contributed by atoms with Crippen molar-refractivity contribution in [2.45, 2.75) is 58.0 Å². The standard InChI is InChI=1S/C20H28N4O4/c1-14(12-18(25)21-13-15-8-10-17(28-2)11-9-15)23-24-20(27)19(26)22-16-6-4-3-5-7-16/h8-11,16H,3-7,12-13H2,1-2H3,(H,21,25)(H,22,26)(H,24,27)/b23-14-. The molecule has 0 spiro atoms. The van der Waals surface area contributed by atoms with E-state index in [4.69, 9.17) is 4.74 Å². The third kappa shape index (κ3) is 7.38. The van der Waals surface area contributed by atoms with Gasteiger partial charge in [-0.15, -0.1) is 0 Å². The molecule has 0 radical (unpaired) electrons. The Bertz CT molecular complexity index is 709. The lowest BCUT2D eigenvalue weighted by atomic mass is 9.95. The molecule has 0 aliphatic heterocycles. The number of nitrogens with one attached hydrogen (secondary N) is 3. The van der Waals surface area contributed by atoms with Crippen LogP contribution >= 0.6 is 0 Å². The summed E-state index contributed by atoms with van der Waals surface area (Å²) in [5, 5.41) is 9.34. The lowest BCUT2D eigenvalue weighted by Gasteiger charge is -2.22. The largest absolute Gasteiger partial charge is 0.497 e. The van der Waals surface area contributed by atoms with Gasteiger partial charge in [0, 0.05) is 18.3 Å². The van der Waals surface area contributed by atoms with Gasteiger partial charge in [0.2, 0.25) is 5.91 Å². The zero-order valence-electron chi connectivity index (χ0n) is 16.4. The molecule has 1 aliphatic rings. The molecular weight excluding hydrogens is 360 g/mol. The summed E-state index contributed by atoms with van der Waals surface area (Å²) >= 11 is 0. The average Bonchev–Trinajstić information content (AvgIpc) is 2.71. The molecule has 3 amide bonds. The van der Waals surface area contributed by atoms with Gasteiger partial charge in [-0.3, -0.25) is 14.4 Å². The van der Waals surface area contributed by atoms with E-state index in [1.54, 1.807) is 14.0 Å². The van der Waals surface area contributed by atoms with Crippen molar-refractivity contribution in [2.75, 3.05) is 7.11 Å². The summed E-state index contributed by atoms with van der Waals surface area (Å²) in [6.45, 7) is 2.00. The smallest absolute Gasteiger partial charge is 0.329 e. The average molecular weight is 388 g/mol. The van der Waals surface area contributed by atoms with Crippen LogP contribution in [0.15, 0.2) is 29.4 Å². The number of carbonyl (C=O) groups is 3. The summed E-state index contributed by atoms with van der Waals surface area (Å²) in [5.74, 6) is -0.977. The first-order valence-corrected chi connectivity index (χ1v) is 9.51. The molecule has 1 saturated carbocycles. The van der Waals surface area contributed by atoms with E-state index in [1.807, 2.05) is 24.3 Å². The fourth-order valence-electron chi connectivity index (χ4n) is 2.97. The monoisotopic (exact) mass is 388 g/mol. The summed E-state index contributed by atoms with van der Waals surface area (Å²) in [5.41, 5.74) is 3.56. The van der Waals surface area contributed by atoms with Crippen molar-refractivity contribution in [3.63, 3.8) is 0 Å². The third-order valence-electron chi connectivity index (χ3n) is 4.56. The maximum atomic E-state index is 12.0. The van der Waals surface area contributed by atoms with Crippen molar-refractivity contribution in [1.82, 2.24) is 16.1 Å². The fraction of sp³-hybridized carbons (Fsp3) is 0.500. The van der Waals surface area contributed by atoms with Crippen LogP contribution in [0.3, 0.4) is 0 Å². The molecule has 0 bridgehead atoms. The van der Waals surface area contributed by atoms with Crippen molar-refractivity contribution in [1.29, 1.82) is 0 Å². The van der Waals surface area contributed by atoms with Crippen LogP contribution in [0.2, 0.25) is 0 Å². The number of amides is 3. The number of ether oxygens (including phenoxy) is 1. The Morgan fingerprint density at radius 2 is 1.75 bits per heavy atom. The fourth-order valence-corrected chi connectivity index (χ4v) is 2.97. The number of hydrogen-bond donors (Lipinski definition) is 3. The second kappa shape index (κ2) is 11.1. The maximum Gasteiger partial charge on any atom is 0.329 e. The summed E-state index contributed by atoms with van der Waals surface area (Å²) < 4.78 is 5.09. The van der Waals surface area contributed by atoms with Gasteiger partial charge in [-0.2, -0.15) is 5.10 Å². The highest BCUT2D eigenvalue weighted by atomic mass is 16.5. The van der Waals surface area contributed by atoms with Crippen LogP contribution in [0.1, 0.15) is 51.0 Å². The normalized spacial score (nSPS) is 14.9. The van der Waals surface area contributed by atoms with E-state index in [0.717, 1.165) is 37.0 Å². The van der Waals surface area contributed by atoms with Gasteiger partial charge in [-0.1, -0.05) is 31.4 Å². The Labute approximate surface area is 165 Å². The molecule has 1 fully saturated rings. The van der Waals surface area contributed by atoms with Crippen LogP contribution in [-0.4, -0.2) is 36.6 Å². The Morgan fingerprint density at radius 3 is 2.39 bits per heavy atom. The molecule has 1 aliphatic carbocycles. The van der Waals surface area contributed by atoms with E-state index < -0.39 is 11.8 Å². The van der Waals surface area contributed by atoms with Crippen molar-refractivity contribution in [2.24, 2.45) is 5.10 Å². The molecule has 2 rings (SSSR count). The Balaban J connectivity index is 1.70. The zero-order valence-corrected chi connectivity index (χ0v) is 16.4. The lowest BCUT2D eigenvalue weighted by molar-refractivity contribution is -0.139. The second-order valence-electron chi connectivity index (χ2n) is 6.90. The third-order valence-corrected chi connectivity index (χ3v) is 4.56. The summed E-state index contributed by atoms with van der Waals surface area (Å²) in [4.78, 5) is 35.7. The molecule has 8 heteroatoms. The molecule has 0 unspecified atom stereocenters. The van der Waals surface area contributed by atoms with Crippen molar-refractivity contribution in [3.05, 3.63) is 29.8 Å². The summed E-state index contributed by atoms with van der Waals surface area (Å²) in [6.07, 6.45) is 5.12. The molecule has 1 aromatic rings. The number of benzene rings is 1. The van der Waals surface area contributed by atoms with Crippen LogP contribution in [-0.2, 0) is 20.9 Å². The van der Waals surface area contributed by atoms with E-state index in [1.165, 1.54) is 6.42 Å². The predicted octanol–water partition coefficient (Wildman–Crippen LogP) is 1.64. The quantitative estimate of drug-likeness (QED) is 0.375. The van der Waals surface area contributed by atoms with E-state index >= 15 is 0 Å². The van der Waals surface area contributed by atoms with E-state index in [0.29, 0.717) is 12.3 Å². The predicted molar refractivity (Wildman–Crippen MR) is 106 cm³/mol. The first kappa shape index (κ1) is 21.4. The number of carbonyl (C=O) groups excluding carboxylic acids is 3. The molecule has 8 nitrogen and oxygen atoms in total. The van der Waals surface area contributed by atoms with Crippen molar-refractivity contribution < 1.29 is 19.1 Å². The van der Waals surface area contributed by atoms with Gasteiger partial charge in [0.25, 0.3) is 0 Å². The van der Waals surface area contributed by atoms with Crippen molar-refractivity contribution in [3.8, 4) is 5.75 Å². The number of rotatable bonds is 7. The SMILES string of the molecule is COc1ccc(CNC(=O)C/C(C)=N\NC(=O)C(=O)NC2CCCCC2)cc1. The highest BCUT2D eigenvalue weighted by Gasteiger charge is 2.20. The van der Waals surface area contributed by atoms with Crippen LogP contribution in [0.25, 0.3) is 0 Å². The minimum absolute atomic E-state index is 0.0285. The Hall–Kier alpha value is -2.90. The summed E-state index contributed by atoms with van der Waals surface area (Å²) in [7, 11) is 1.59. The summed E-state index contributed by atoms with van der Waals surface area (Å²) in [6, 6.07) is 7.43. The minimum Gasteiger partial charge on any atom is -0.497 e. The van der Waals surface area contributed by atoms with Crippen LogP contribution in [0.5, 0.6) is 5.75 Å². The van der Waals surface area contributed by atoms with Gasteiger partial charge < -0.3 is 15.4 Å². The number of methoxy groups -OCH3 is 1. The number of hydrazone groups is 1. The lowest BCUT2D eigenvalue weighted by Crippen LogP contribution is -2.44. The van der Waals surface area contributed by atoms with Crippen LogP contribution in [0.4, 0.5) is 0 Å². The molecule has 0 heterocycles. The van der Waals surface area contributed by atoms with E-state index in [2.05, 4.69) is 21.2 Å². The van der Waals surface area contributed by atoms with Gasteiger partial charge in [-0.25, -0.2) is 5.43 Å². The van der Waals surface area contributed by atoms with Gasteiger partial charge in [0.1, 0.15) is 5.75 Å². The van der Waals surface area contributed by atoms with Gasteiger partial charge >= 0.3 is 11.8 Å². The van der Waals surface area contributed by atoms with Crippen molar-refractivity contribution >= 4 is 23.4 Å². The highest BCUT2D eigenvalue weighted by molar-refractivity contribution is 6.35. The van der Waals surface area contributed by atoms with E-state index in [-0.39, 0.29) is 18.4 Å². The van der Waals surface area contributed by atoms with Gasteiger partial charge in [0.15, 0.2) is 0 Å². The molecular formula is C20H28N4O4. The van der Waals surface area contributed by atoms with Gasteiger partial charge in [0.05, 0.1) is 13.5 Å². The Morgan fingerprint density at radius 1 is 1.07 bits per heavy atom. The zero-order chi connectivity index (χ0) is 20.4. The first-order chi connectivity index (χ1) is 13.5. The van der Waals surface area contributed by atoms with Gasteiger partial charge in [-0.05, 0) is 37.5 Å². The van der Waals surface area contributed by atoms with Crippen LogP contribution < -0.4 is 20.8 Å². The highest BCUT2D eigenvalue weighted by Crippen LogP contribution is 2.17. The molecule has 152 valence electrons. The molecule has 0 aromatic heterocycles. The molecule has 0 saturated heterocycles. The van der Waals surface area contributed by atoms with E-state index in [9.17, 15) is 14.4 Å². The minimum atomic E-state index is -0.816. The number of hydrogen-bond acceptors (Lipinski definition) is 5. The molecule has 0 atom stereocenters. The Kier molecular flexibility index (Phi) is 8.45. The topological polar surface area (TPSA) is 109 Å². The molecule has 3 N–H and O–H groups in total. The molecule has 1 aromatic carbocycles.